The topological polar surface area (TPSA) is 69.7 Å². The third-order valence-electron chi connectivity index (χ3n) is 4.01. The molecule has 1 saturated heterocycles. The summed E-state index contributed by atoms with van der Waals surface area (Å²) in [5.74, 6) is -0.740. The number of nitrogens with one attached hydrogen (secondary N) is 1. The molecule has 6 nitrogen and oxygen atoms in total. The third kappa shape index (κ3) is 4.49. The maximum absolute atomic E-state index is 13.1. The molecule has 0 aromatic heterocycles. The maximum Gasteiger partial charge on any atom is 0.241 e. The summed E-state index contributed by atoms with van der Waals surface area (Å²) in [5, 5.41) is 0. The van der Waals surface area contributed by atoms with E-state index in [0.717, 1.165) is 31.8 Å². The highest BCUT2D eigenvalue weighted by atomic mass is 32.2. The molecule has 0 aliphatic carbocycles. The molecule has 1 fully saturated rings. The van der Waals surface area contributed by atoms with E-state index < -0.39 is 15.8 Å². The van der Waals surface area contributed by atoms with Crippen molar-refractivity contribution in [3.63, 3.8) is 0 Å². The highest BCUT2D eigenvalue weighted by molar-refractivity contribution is 7.89. The SMILES string of the molecule is CCN1CCN(C(=O)CNS(=O)(=O)c2ccc(F)cc2C)CC1. The zero-order valence-corrected chi connectivity index (χ0v) is 14.2. The van der Waals surface area contributed by atoms with Crippen LogP contribution in [0, 0.1) is 12.7 Å². The number of halogens is 1. The van der Waals surface area contributed by atoms with Crippen molar-refractivity contribution in [2.45, 2.75) is 18.7 Å². The summed E-state index contributed by atoms with van der Waals surface area (Å²) in [5.41, 5.74) is 0.307. The van der Waals surface area contributed by atoms with E-state index in [-0.39, 0.29) is 17.3 Å². The van der Waals surface area contributed by atoms with Gasteiger partial charge < -0.3 is 9.80 Å². The Morgan fingerprint density at radius 2 is 1.91 bits per heavy atom. The van der Waals surface area contributed by atoms with Gasteiger partial charge in [0.05, 0.1) is 11.4 Å². The number of hydrogen-bond donors (Lipinski definition) is 1. The summed E-state index contributed by atoms with van der Waals surface area (Å²) in [6.07, 6.45) is 0. The third-order valence-corrected chi connectivity index (χ3v) is 5.57. The Morgan fingerprint density at radius 3 is 2.48 bits per heavy atom. The molecule has 1 aromatic rings. The van der Waals surface area contributed by atoms with E-state index in [4.69, 9.17) is 0 Å². The summed E-state index contributed by atoms with van der Waals surface area (Å²) >= 11 is 0. The number of rotatable bonds is 5. The van der Waals surface area contributed by atoms with E-state index in [0.29, 0.717) is 18.7 Å². The maximum atomic E-state index is 13.1. The molecule has 1 heterocycles. The first-order chi connectivity index (χ1) is 10.8. The number of nitrogens with zero attached hydrogens (tertiary/aromatic N) is 2. The molecule has 128 valence electrons. The van der Waals surface area contributed by atoms with Crippen LogP contribution >= 0.6 is 0 Å². The molecule has 0 bridgehead atoms. The van der Waals surface area contributed by atoms with E-state index in [1.165, 1.54) is 13.0 Å². The number of piperazine rings is 1. The van der Waals surface area contributed by atoms with Crippen molar-refractivity contribution >= 4 is 15.9 Å². The smallest absolute Gasteiger partial charge is 0.241 e. The second kappa shape index (κ2) is 7.37. The molecular formula is C15H22FN3O3S. The fourth-order valence-corrected chi connectivity index (χ4v) is 3.77. The molecule has 8 heteroatoms. The van der Waals surface area contributed by atoms with Crippen molar-refractivity contribution < 1.29 is 17.6 Å². The summed E-state index contributed by atoms with van der Waals surface area (Å²) in [7, 11) is -3.83. The first-order valence-corrected chi connectivity index (χ1v) is 9.07. The molecule has 1 amide bonds. The molecule has 0 spiro atoms. The number of carbonyl (C=O) groups excluding carboxylic acids is 1. The van der Waals surface area contributed by atoms with Crippen LogP contribution in [-0.4, -0.2) is 63.4 Å². The Labute approximate surface area is 136 Å². The van der Waals surface area contributed by atoms with Gasteiger partial charge in [0, 0.05) is 26.2 Å². The van der Waals surface area contributed by atoms with Gasteiger partial charge in [0.15, 0.2) is 0 Å². The van der Waals surface area contributed by atoms with Crippen LogP contribution in [0.3, 0.4) is 0 Å². The first kappa shape index (κ1) is 17.8. The minimum Gasteiger partial charge on any atom is -0.339 e. The average molecular weight is 343 g/mol. The number of benzene rings is 1. The van der Waals surface area contributed by atoms with E-state index in [9.17, 15) is 17.6 Å². The molecule has 0 saturated carbocycles. The number of likely N-dealkylation sites (N-methyl/N-ethyl adjacent to an activating group) is 1. The minimum absolute atomic E-state index is 0.0116. The van der Waals surface area contributed by atoms with Gasteiger partial charge in [-0.25, -0.2) is 17.5 Å². The van der Waals surface area contributed by atoms with Gasteiger partial charge in [-0.2, -0.15) is 0 Å². The zero-order chi connectivity index (χ0) is 17.0. The summed E-state index contributed by atoms with van der Waals surface area (Å²) in [4.78, 5) is 16.0. The number of carbonyl (C=O) groups is 1. The molecule has 0 radical (unpaired) electrons. The van der Waals surface area contributed by atoms with Crippen LogP contribution in [0.2, 0.25) is 0 Å². The monoisotopic (exact) mass is 343 g/mol. The Hall–Kier alpha value is -1.51. The minimum atomic E-state index is -3.83. The molecule has 0 unspecified atom stereocenters. The Morgan fingerprint density at radius 1 is 1.26 bits per heavy atom. The lowest BCUT2D eigenvalue weighted by Crippen LogP contribution is -2.51. The number of aryl methyl sites for hydroxylation is 1. The average Bonchev–Trinajstić information content (AvgIpc) is 2.52. The van der Waals surface area contributed by atoms with Crippen molar-refractivity contribution in [3.05, 3.63) is 29.6 Å². The second-order valence-electron chi connectivity index (χ2n) is 5.55. The zero-order valence-electron chi connectivity index (χ0n) is 13.4. The van der Waals surface area contributed by atoms with Crippen LogP contribution in [0.5, 0.6) is 0 Å². The van der Waals surface area contributed by atoms with E-state index in [1.54, 1.807) is 4.90 Å². The van der Waals surface area contributed by atoms with Gasteiger partial charge in [-0.05, 0) is 37.2 Å². The molecule has 23 heavy (non-hydrogen) atoms. The number of sulfonamides is 1. The highest BCUT2D eigenvalue weighted by Gasteiger charge is 2.23. The van der Waals surface area contributed by atoms with Gasteiger partial charge >= 0.3 is 0 Å². The Balaban J connectivity index is 1.95. The molecule has 1 N–H and O–H groups in total. The van der Waals surface area contributed by atoms with Crippen molar-refractivity contribution in [2.75, 3.05) is 39.3 Å². The predicted octanol–water partition coefficient (Wildman–Crippen LogP) is 0.577. The van der Waals surface area contributed by atoms with Gasteiger partial charge in [-0.1, -0.05) is 6.92 Å². The first-order valence-electron chi connectivity index (χ1n) is 7.59. The highest BCUT2D eigenvalue weighted by Crippen LogP contribution is 2.15. The van der Waals surface area contributed by atoms with Crippen LogP contribution in [0.1, 0.15) is 12.5 Å². The van der Waals surface area contributed by atoms with Crippen LogP contribution < -0.4 is 4.72 Å². The summed E-state index contributed by atoms with van der Waals surface area (Å²) in [6, 6.07) is 3.45. The van der Waals surface area contributed by atoms with E-state index in [1.807, 2.05) is 0 Å². The molecule has 2 rings (SSSR count). The lowest BCUT2D eigenvalue weighted by molar-refractivity contribution is -0.131. The van der Waals surface area contributed by atoms with Crippen molar-refractivity contribution in [2.24, 2.45) is 0 Å². The van der Waals surface area contributed by atoms with Gasteiger partial charge in [0.2, 0.25) is 15.9 Å². The fraction of sp³-hybridized carbons (Fsp3) is 0.533. The number of amides is 1. The normalized spacial score (nSPS) is 16.6. The van der Waals surface area contributed by atoms with E-state index >= 15 is 0 Å². The van der Waals surface area contributed by atoms with Crippen molar-refractivity contribution in [3.8, 4) is 0 Å². The quantitative estimate of drug-likeness (QED) is 0.849. The fourth-order valence-electron chi connectivity index (χ4n) is 2.57. The molecule has 0 atom stereocenters. The molecule has 1 aliphatic rings. The lowest BCUT2D eigenvalue weighted by Gasteiger charge is -2.34. The van der Waals surface area contributed by atoms with Gasteiger partial charge in [-0.15, -0.1) is 0 Å². The molecule has 1 aromatic carbocycles. The van der Waals surface area contributed by atoms with Crippen molar-refractivity contribution in [1.82, 2.24) is 14.5 Å². The molecule has 1 aliphatic heterocycles. The predicted molar refractivity (Wildman–Crippen MR) is 85.0 cm³/mol. The Bertz CT molecular complexity index is 671. The van der Waals surface area contributed by atoms with Crippen LogP contribution in [0.25, 0.3) is 0 Å². The lowest BCUT2D eigenvalue weighted by atomic mass is 10.2. The largest absolute Gasteiger partial charge is 0.339 e. The van der Waals surface area contributed by atoms with Gasteiger partial charge in [0.1, 0.15) is 5.82 Å². The van der Waals surface area contributed by atoms with Crippen LogP contribution in [0.4, 0.5) is 4.39 Å². The second-order valence-corrected chi connectivity index (χ2v) is 7.28. The van der Waals surface area contributed by atoms with E-state index in [2.05, 4.69) is 16.5 Å². The van der Waals surface area contributed by atoms with Crippen LogP contribution in [0.15, 0.2) is 23.1 Å². The standard InChI is InChI=1S/C15H22FN3O3S/c1-3-18-6-8-19(9-7-18)15(20)11-17-23(21,22)14-5-4-13(16)10-12(14)2/h4-5,10,17H,3,6-9,11H2,1-2H3. The summed E-state index contributed by atoms with van der Waals surface area (Å²) in [6.45, 7) is 7.04. The van der Waals surface area contributed by atoms with Crippen molar-refractivity contribution in [1.29, 1.82) is 0 Å². The summed E-state index contributed by atoms with van der Waals surface area (Å²) < 4.78 is 39.9. The van der Waals surface area contributed by atoms with Crippen LogP contribution in [-0.2, 0) is 14.8 Å². The molecular weight excluding hydrogens is 321 g/mol. The Kier molecular flexibility index (Phi) is 5.72. The van der Waals surface area contributed by atoms with Gasteiger partial charge in [0.25, 0.3) is 0 Å². The van der Waals surface area contributed by atoms with Gasteiger partial charge in [-0.3, -0.25) is 4.79 Å². The number of hydrogen-bond acceptors (Lipinski definition) is 4.